The van der Waals surface area contributed by atoms with E-state index in [0.29, 0.717) is 10.7 Å². The van der Waals surface area contributed by atoms with Crippen molar-refractivity contribution in [3.05, 3.63) is 69.3 Å². The average molecular weight is 419 g/mol. The van der Waals surface area contributed by atoms with Gasteiger partial charge in [-0.3, -0.25) is 10.1 Å². The van der Waals surface area contributed by atoms with Crippen molar-refractivity contribution in [2.24, 2.45) is 0 Å². The van der Waals surface area contributed by atoms with Crippen molar-refractivity contribution in [1.29, 1.82) is 0 Å². The molecule has 0 saturated heterocycles. The van der Waals surface area contributed by atoms with Crippen LogP contribution in [0.2, 0.25) is 0 Å². The van der Waals surface area contributed by atoms with Crippen LogP contribution in [0.5, 0.6) is 0 Å². The molecular weight excluding hydrogens is 403 g/mol. The van der Waals surface area contributed by atoms with Crippen molar-refractivity contribution in [3.63, 3.8) is 0 Å². The number of carbonyl (C=O) groups is 1. The highest BCUT2D eigenvalue weighted by atomic mass is 79.9. The Morgan fingerprint density at radius 2 is 1.84 bits per heavy atom. The number of nitrogens with zero attached hydrogens (tertiary/aromatic N) is 1. The fraction of sp³-hybridized carbons (Fsp3) is 0.158. The highest BCUT2D eigenvalue weighted by molar-refractivity contribution is 9.10. The van der Waals surface area contributed by atoms with Gasteiger partial charge >= 0.3 is 0 Å². The zero-order valence-electron chi connectivity index (χ0n) is 13.6. The zero-order chi connectivity index (χ0) is 17.8. The van der Waals surface area contributed by atoms with E-state index in [9.17, 15) is 9.18 Å². The van der Waals surface area contributed by atoms with E-state index in [1.807, 2.05) is 24.3 Å². The molecule has 3 nitrogen and oxygen atoms in total. The number of rotatable bonds is 5. The molecule has 0 aliphatic carbocycles. The number of anilines is 1. The molecule has 3 aromatic rings. The van der Waals surface area contributed by atoms with Crippen LogP contribution in [0.4, 0.5) is 9.52 Å². The van der Waals surface area contributed by atoms with Gasteiger partial charge in [0.1, 0.15) is 5.82 Å². The van der Waals surface area contributed by atoms with Crippen molar-refractivity contribution < 1.29 is 9.18 Å². The molecule has 0 atom stereocenters. The molecule has 1 heterocycles. The SMILES string of the molecule is CCCc1sc(NC(=O)c2ccc(F)cc2)nc1-c1ccc(Br)cc1. The van der Waals surface area contributed by atoms with Gasteiger partial charge < -0.3 is 0 Å². The van der Waals surface area contributed by atoms with Crippen LogP contribution in [0.3, 0.4) is 0 Å². The summed E-state index contributed by atoms with van der Waals surface area (Å²) >= 11 is 4.92. The summed E-state index contributed by atoms with van der Waals surface area (Å²) in [5.74, 6) is -0.660. The van der Waals surface area contributed by atoms with Crippen molar-refractivity contribution >= 4 is 38.3 Å². The summed E-state index contributed by atoms with van der Waals surface area (Å²) in [6, 6.07) is 13.4. The minimum absolute atomic E-state index is 0.292. The van der Waals surface area contributed by atoms with Crippen molar-refractivity contribution in [2.75, 3.05) is 5.32 Å². The largest absolute Gasteiger partial charge is 0.298 e. The molecule has 0 unspecified atom stereocenters. The summed E-state index contributed by atoms with van der Waals surface area (Å²) in [7, 11) is 0. The Morgan fingerprint density at radius 3 is 2.48 bits per heavy atom. The first-order valence-electron chi connectivity index (χ1n) is 7.89. The van der Waals surface area contributed by atoms with Crippen LogP contribution in [0.25, 0.3) is 11.3 Å². The number of hydrogen-bond acceptors (Lipinski definition) is 3. The van der Waals surface area contributed by atoms with E-state index in [1.165, 1.54) is 35.6 Å². The maximum absolute atomic E-state index is 13.0. The lowest BCUT2D eigenvalue weighted by atomic mass is 10.1. The monoisotopic (exact) mass is 418 g/mol. The molecule has 0 bridgehead atoms. The predicted octanol–water partition coefficient (Wildman–Crippen LogP) is 5.92. The Bertz CT molecular complexity index is 875. The number of benzene rings is 2. The first-order chi connectivity index (χ1) is 12.1. The third-order valence-electron chi connectivity index (χ3n) is 3.62. The van der Waals surface area contributed by atoms with Crippen molar-refractivity contribution in [2.45, 2.75) is 19.8 Å². The quantitative estimate of drug-likeness (QED) is 0.558. The number of thiazole rings is 1. The topological polar surface area (TPSA) is 42.0 Å². The van der Waals surface area contributed by atoms with Gasteiger partial charge in [-0.05, 0) is 42.8 Å². The molecule has 6 heteroatoms. The number of nitrogens with one attached hydrogen (secondary N) is 1. The molecule has 0 fully saturated rings. The number of carbonyl (C=O) groups excluding carboxylic acids is 1. The summed E-state index contributed by atoms with van der Waals surface area (Å²) in [4.78, 5) is 18.1. The number of hydrogen-bond donors (Lipinski definition) is 1. The third-order valence-corrected chi connectivity index (χ3v) is 5.18. The molecular formula is C19H16BrFN2OS. The number of aromatic nitrogens is 1. The maximum Gasteiger partial charge on any atom is 0.257 e. The second-order valence-electron chi connectivity index (χ2n) is 5.51. The lowest BCUT2D eigenvalue weighted by Crippen LogP contribution is -2.11. The fourth-order valence-corrected chi connectivity index (χ4v) is 3.75. The van der Waals surface area contributed by atoms with Crippen LogP contribution in [0.1, 0.15) is 28.6 Å². The van der Waals surface area contributed by atoms with Crippen LogP contribution in [0.15, 0.2) is 53.0 Å². The van der Waals surface area contributed by atoms with Crippen molar-refractivity contribution in [1.82, 2.24) is 4.98 Å². The van der Waals surface area contributed by atoms with Crippen molar-refractivity contribution in [3.8, 4) is 11.3 Å². The van der Waals surface area contributed by atoms with Gasteiger partial charge in [-0.15, -0.1) is 11.3 Å². The Kier molecular flexibility index (Phi) is 5.60. The molecule has 1 aromatic heterocycles. The smallest absolute Gasteiger partial charge is 0.257 e. The Balaban J connectivity index is 1.87. The van der Waals surface area contributed by atoms with Crippen LogP contribution >= 0.6 is 27.3 Å². The van der Waals surface area contributed by atoms with Gasteiger partial charge in [-0.1, -0.05) is 41.4 Å². The molecule has 128 valence electrons. The highest BCUT2D eigenvalue weighted by Crippen LogP contribution is 2.33. The molecule has 0 radical (unpaired) electrons. The van der Waals surface area contributed by atoms with Gasteiger partial charge in [0.05, 0.1) is 5.69 Å². The summed E-state index contributed by atoms with van der Waals surface area (Å²) in [6.45, 7) is 2.11. The summed E-state index contributed by atoms with van der Waals surface area (Å²) in [6.07, 6.45) is 1.90. The van der Waals surface area contributed by atoms with Gasteiger partial charge in [0.15, 0.2) is 5.13 Å². The Hall–Kier alpha value is -2.05. The molecule has 1 N–H and O–H groups in total. The van der Waals surface area contributed by atoms with Gasteiger partial charge in [0.2, 0.25) is 0 Å². The zero-order valence-corrected chi connectivity index (χ0v) is 16.0. The summed E-state index contributed by atoms with van der Waals surface area (Å²) in [5.41, 5.74) is 2.32. The van der Waals surface area contributed by atoms with Crippen LogP contribution in [-0.4, -0.2) is 10.9 Å². The lowest BCUT2D eigenvalue weighted by Gasteiger charge is -2.01. The van der Waals surface area contributed by atoms with E-state index in [-0.39, 0.29) is 11.7 Å². The van der Waals surface area contributed by atoms with E-state index >= 15 is 0 Å². The third kappa shape index (κ3) is 4.32. The minimum atomic E-state index is -0.367. The minimum Gasteiger partial charge on any atom is -0.298 e. The van der Waals surface area contributed by atoms with Crippen LogP contribution < -0.4 is 5.32 Å². The van der Waals surface area contributed by atoms with E-state index in [0.717, 1.165) is 33.4 Å². The molecule has 1 amide bonds. The van der Waals surface area contributed by atoms with Gasteiger partial charge in [-0.2, -0.15) is 0 Å². The van der Waals surface area contributed by atoms with Crippen LogP contribution in [0, 0.1) is 5.82 Å². The normalized spacial score (nSPS) is 10.7. The second kappa shape index (κ2) is 7.89. The average Bonchev–Trinajstić information content (AvgIpc) is 2.99. The predicted molar refractivity (Wildman–Crippen MR) is 104 cm³/mol. The Labute approximate surface area is 158 Å². The summed E-state index contributed by atoms with van der Waals surface area (Å²) < 4.78 is 14.0. The van der Waals surface area contributed by atoms with E-state index in [4.69, 9.17) is 0 Å². The molecule has 0 aliphatic rings. The van der Waals surface area contributed by atoms with E-state index in [1.54, 1.807) is 0 Å². The standard InChI is InChI=1S/C19H16BrFN2OS/c1-2-3-16-17(12-4-8-14(20)9-5-12)22-19(25-16)23-18(24)13-6-10-15(21)11-7-13/h4-11H,2-3H2,1H3,(H,22,23,24). The summed E-state index contributed by atoms with van der Waals surface area (Å²) in [5, 5.41) is 3.37. The van der Waals surface area contributed by atoms with Crippen LogP contribution in [-0.2, 0) is 6.42 Å². The number of aryl methyl sites for hydroxylation is 1. The van der Waals surface area contributed by atoms with Gasteiger partial charge in [-0.25, -0.2) is 9.37 Å². The lowest BCUT2D eigenvalue weighted by molar-refractivity contribution is 0.102. The second-order valence-corrected chi connectivity index (χ2v) is 7.51. The van der Waals surface area contributed by atoms with E-state index in [2.05, 4.69) is 33.2 Å². The number of amides is 1. The number of halogens is 2. The highest BCUT2D eigenvalue weighted by Gasteiger charge is 2.15. The molecule has 0 aliphatic heterocycles. The Morgan fingerprint density at radius 1 is 1.16 bits per heavy atom. The fourth-order valence-electron chi connectivity index (χ4n) is 2.41. The molecule has 25 heavy (non-hydrogen) atoms. The maximum atomic E-state index is 13.0. The molecule has 0 spiro atoms. The molecule has 0 saturated carbocycles. The molecule has 3 rings (SSSR count). The first-order valence-corrected chi connectivity index (χ1v) is 9.50. The first kappa shape index (κ1) is 17.8. The van der Waals surface area contributed by atoms with Gasteiger partial charge in [0.25, 0.3) is 5.91 Å². The molecule has 2 aromatic carbocycles. The van der Waals surface area contributed by atoms with E-state index < -0.39 is 0 Å². The van der Waals surface area contributed by atoms with Gasteiger partial charge in [0, 0.05) is 20.5 Å².